The Kier molecular flexibility index (Phi) is 3.99. The number of benzene rings is 1. The molecule has 8 nitrogen and oxygen atoms in total. The maximum absolute atomic E-state index is 12.1. The number of aromatic nitrogens is 4. The minimum Gasteiger partial charge on any atom is -0.454 e. The zero-order valence-electron chi connectivity index (χ0n) is 13.3. The number of nitrogens with one attached hydrogen (secondary N) is 1. The summed E-state index contributed by atoms with van der Waals surface area (Å²) in [6.45, 7) is 0.247. The lowest BCUT2D eigenvalue weighted by atomic mass is 10.1. The summed E-state index contributed by atoms with van der Waals surface area (Å²) < 4.78 is 12.2. The minimum atomic E-state index is -0.0760. The Morgan fingerprint density at radius 2 is 2.12 bits per heavy atom. The number of nitrogens with zero attached hydrogens (tertiary/aromatic N) is 4. The lowest BCUT2D eigenvalue weighted by Crippen LogP contribution is -2.12. The molecule has 0 fully saturated rings. The molecule has 0 bridgehead atoms. The average Bonchev–Trinajstić information content (AvgIpc) is 3.32. The van der Waals surface area contributed by atoms with Gasteiger partial charge < -0.3 is 14.8 Å². The Labute approximate surface area is 143 Å². The normalized spacial score (nSPS) is 12.2. The van der Waals surface area contributed by atoms with Crippen LogP contribution in [0, 0.1) is 0 Å². The second-order valence-electron chi connectivity index (χ2n) is 5.48. The van der Waals surface area contributed by atoms with Crippen LogP contribution < -0.4 is 14.8 Å². The molecule has 25 heavy (non-hydrogen) atoms. The van der Waals surface area contributed by atoms with E-state index >= 15 is 0 Å². The second-order valence-corrected chi connectivity index (χ2v) is 5.48. The second kappa shape index (κ2) is 6.60. The number of carbonyl (C=O) groups excluding carboxylic acids is 1. The Hall–Kier alpha value is -3.42. The first-order valence-corrected chi connectivity index (χ1v) is 7.77. The smallest absolute Gasteiger partial charge is 0.231 e. The van der Waals surface area contributed by atoms with Crippen molar-refractivity contribution in [2.75, 3.05) is 12.1 Å². The molecule has 1 aliphatic heterocycles. The van der Waals surface area contributed by atoms with Gasteiger partial charge in [-0.15, -0.1) is 0 Å². The molecule has 0 atom stereocenters. The molecular formula is C17H15N5O3. The summed E-state index contributed by atoms with van der Waals surface area (Å²) >= 11 is 0. The summed E-state index contributed by atoms with van der Waals surface area (Å²) in [5.74, 6) is 2.03. The lowest BCUT2D eigenvalue weighted by molar-refractivity contribution is -0.116. The van der Waals surface area contributed by atoms with E-state index in [1.54, 1.807) is 29.3 Å². The minimum absolute atomic E-state index is 0.0760. The number of aryl methyl sites for hydroxylation is 1. The van der Waals surface area contributed by atoms with E-state index in [4.69, 9.17) is 9.47 Å². The first-order chi connectivity index (χ1) is 12.3. The molecule has 0 spiro atoms. The van der Waals surface area contributed by atoms with Crippen molar-refractivity contribution in [3.63, 3.8) is 0 Å². The van der Waals surface area contributed by atoms with Crippen molar-refractivity contribution in [3.8, 4) is 17.3 Å². The fourth-order valence-electron chi connectivity index (χ4n) is 2.50. The van der Waals surface area contributed by atoms with Crippen LogP contribution in [0.1, 0.15) is 12.0 Å². The van der Waals surface area contributed by atoms with E-state index in [2.05, 4.69) is 20.4 Å². The van der Waals surface area contributed by atoms with Crippen LogP contribution in [-0.4, -0.2) is 32.4 Å². The van der Waals surface area contributed by atoms with Gasteiger partial charge in [0.2, 0.25) is 12.7 Å². The predicted octanol–water partition coefficient (Wildman–Crippen LogP) is 1.96. The molecule has 0 unspecified atom stereocenters. The van der Waals surface area contributed by atoms with E-state index in [-0.39, 0.29) is 12.7 Å². The number of rotatable bonds is 5. The number of anilines is 1. The zero-order chi connectivity index (χ0) is 17.1. The first kappa shape index (κ1) is 15.1. The zero-order valence-corrected chi connectivity index (χ0v) is 13.3. The topological polar surface area (TPSA) is 91.2 Å². The van der Waals surface area contributed by atoms with Gasteiger partial charge in [0, 0.05) is 6.42 Å². The Balaban J connectivity index is 1.33. The highest BCUT2D eigenvalue weighted by molar-refractivity contribution is 5.90. The molecule has 8 heteroatoms. The largest absolute Gasteiger partial charge is 0.454 e. The van der Waals surface area contributed by atoms with Crippen LogP contribution in [0.25, 0.3) is 5.82 Å². The van der Waals surface area contributed by atoms with Crippen LogP contribution in [0.2, 0.25) is 0 Å². The van der Waals surface area contributed by atoms with E-state index in [9.17, 15) is 4.79 Å². The molecule has 1 N–H and O–H groups in total. The van der Waals surface area contributed by atoms with E-state index < -0.39 is 0 Å². The van der Waals surface area contributed by atoms with Crippen molar-refractivity contribution < 1.29 is 14.3 Å². The van der Waals surface area contributed by atoms with Crippen molar-refractivity contribution in [2.45, 2.75) is 12.8 Å². The number of pyridine rings is 1. The van der Waals surface area contributed by atoms with Gasteiger partial charge in [0.1, 0.15) is 12.7 Å². The number of amides is 1. The molecule has 0 saturated carbocycles. The average molecular weight is 337 g/mol. The number of hydrogen-bond donors (Lipinski definition) is 1. The van der Waals surface area contributed by atoms with E-state index in [1.807, 2.05) is 18.2 Å². The molecule has 126 valence electrons. The highest BCUT2D eigenvalue weighted by Gasteiger charge is 2.13. The molecule has 0 aliphatic carbocycles. The van der Waals surface area contributed by atoms with E-state index in [0.717, 1.165) is 17.1 Å². The maximum Gasteiger partial charge on any atom is 0.231 e. The summed E-state index contributed by atoms with van der Waals surface area (Å²) in [7, 11) is 0. The Bertz CT molecular complexity index is 878. The third-order valence-corrected chi connectivity index (χ3v) is 3.76. The number of hydrogen-bond acceptors (Lipinski definition) is 6. The third kappa shape index (κ3) is 3.42. The lowest BCUT2D eigenvalue weighted by Gasteiger charge is -2.06. The highest BCUT2D eigenvalue weighted by atomic mass is 16.7. The van der Waals surface area contributed by atoms with E-state index in [1.165, 1.54) is 6.33 Å². The molecule has 1 amide bonds. The summed E-state index contributed by atoms with van der Waals surface area (Å²) in [5, 5.41) is 6.84. The predicted molar refractivity (Wildman–Crippen MR) is 88.7 cm³/mol. The summed E-state index contributed by atoms with van der Waals surface area (Å²) in [6.07, 6.45) is 5.58. The van der Waals surface area contributed by atoms with Gasteiger partial charge in [0.25, 0.3) is 0 Å². The van der Waals surface area contributed by atoms with Gasteiger partial charge in [-0.3, -0.25) is 4.79 Å². The molecular weight excluding hydrogens is 322 g/mol. The standard InChI is InChI=1S/C17H15N5O3/c23-17(6-2-12-1-4-14-15(7-12)25-11-24-14)21-13-3-5-16(19-8-13)22-10-18-9-20-22/h1,3-5,7-10H,2,6,11H2,(H,21,23). The van der Waals surface area contributed by atoms with Gasteiger partial charge in [0.05, 0.1) is 11.9 Å². The number of carbonyl (C=O) groups is 1. The van der Waals surface area contributed by atoms with Crippen molar-refractivity contribution in [3.05, 3.63) is 54.7 Å². The van der Waals surface area contributed by atoms with Crippen LogP contribution in [-0.2, 0) is 11.2 Å². The molecule has 1 aromatic carbocycles. The van der Waals surface area contributed by atoms with Gasteiger partial charge in [-0.25, -0.2) is 14.6 Å². The molecule has 1 aliphatic rings. The van der Waals surface area contributed by atoms with Gasteiger partial charge in [-0.2, -0.15) is 5.10 Å². The monoisotopic (exact) mass is 337 g/mol. The van der Waals surface area contributed by atoms with Crippen LogP contribution in [0.4, 0.5) is 5.69 Å². The van der Waals surface area contributed by atoms with Crippen molar-refractivity contribution >= 4 is 11.6 Å². The molecule has 3 heterocycles. The fourth-order valence-corrected chi connectivity index (χ4v) is 2.50. The van der Waals surface area contributed by atoms with Crippen LogP contribution >= 0.6 is 0 Å². The maximum atomic E-state index is 12.1. The van der Waals surface area contributed by atoms with Gasteiger partial charge in [0.15, 0.2) is 17.3 Å². The fraction of sp³-hybridized carbons (Fsp3) is 0.176. The Morgan fingerprint density at radius 1 is 1.20 bits per heavy atom. The summed E-state index contributed by atoms with van der Waals surface area (Å²) in [5.41, 5.74) is 1.67. The van der Waals surface area contributed by atoms with Crippen molar-refractivity contribution in [1.82, 2.24) is 19.7 Å². The van der Waals surface area contributed by atoms with Gasteiger partial charge >= 0.3 is 0 Å². The Morgan fingerprint density at radius 3 is 2.92 bits per heavy atom. The highest BCUT2D eigenvalue weighted by Crippen LogP contribution is 2.32. The van der Waals surface area contributed by atoms with Crippen LogP contribution in [0.15, 0.2) is 49.2 Å². The van der Waals surface area contributed by atoms with Crippen LogP contribution in [0.3, 0.4) is 0 Å². The quantitative estimate of drug-likeness (QED) is 0.765. The SMILES string of the molecule is O=C(CCc1ccc2c(c1)OCO2)Nc1ccc(-n2cncn2)nc1. The molecule has 4 rings (SSSR count). The molecule has 0 saturated heterocycles. The first-order valence-electron chi connectivity index (χ1n) is 7.77. The van der Waals surface area contributed by atoms with Gasteiger partial charge in [-0.05, 0) is 36.2 Å². The van der Waals surface area contributed by atoms with Crippen molar-refractivity contribution in [1.29, 1.82) is 0 Å². The summed E-state index contributed by atoms with van der Waals surface area (Å²) in [4.78, 5) is 20.2. The third-order valence-electron chi connectivity index (χ3n) is 3.76. The molecule has 3 aromatic rings. The van der Waals surface area contributed by atoms with Gasteiger partial charge in [-0.1, -0.05) is 6.07 Å². The number of ether oxygens (including phenoxy) is 2. The van der Waals surface area contributed by atoms with Crippen LogP contribution in [0.5, 0.6) is 11.5 Å². The summed E-state index contributed by atoms with van der Waals surface area (Å²) in [6, 6.07) is 9.26. The van der Waals surface area contributed by atoms with E-state index in [0.29, 0.717) is 24.3 Å². The number of fused-ring (bicyclic) bond motifs is 1. The molecule has 2 aromatic heterocycles. The van der Waals surface area contributed by atoms with Crippen molar-refractivity contribution in [2.24, 2.45) is 0 Å². The molecule has 0 radical (unpaired) electrons.